The number of hydrogen-bond acceptors (Lipinski definition) is 6. The van der Waals surface area contributed by atoms with Crippen molar-refractivity contribution in [3.05, 3.63) is 78.3 Å². The molecule has 3 heterocycles. The number of sulfonamides is 1. The number of aromatic nitrogens is 4. The molecule has 0 unspecified atom stereocenters. The van der Waals surface area contributed by atoms with E-state index in [-0.39, 0.29) is 4.90 Å². The first kappa shape index (κ1) is 19.2. The standard InChI is InChI=1S/C21H17FN6O2S/c1-13(27-21-18-20(24-11-23-18)25-12-26-21)17-10-14-6-5-9-16(22)19(14)31(29,30)28(17)15-7-3-2-4-8-15/h2-13H,1H3,(H2,23,24,25,26,27)/t13-/m0/s1. The van der Waals surface area contributed by atoms with Crippen LogP contribution in [-0.2, 0) is 10.0 Å². The van der Waals surface area contributed by atoms with E-state index in [4.69, 9.17) is 0 Å². The topological polar surface area (TPSA) is 104 Å². The Hall–Kier alpha value is -3.79. The summed E-state index contributed by atoms with van der Waals surface area (Å²) in [6, 6.07) is 12.3. The molecule has 2 N–H and O–H groups in total. The van der Waals surface area contributed by atoms with Crippen LogP contribution >= 0.6 is 0 Å². The number of benzene rings is 2. The largest absolute Gasteiger partial charge is 0.360 e. The van der Waals surface area contributed by atoms with Crippen molar-refractivity contribution in [1.29, 1.82) is 0 Å². The fourth-order valence-corrected chi connectivity index (χ4v) is 5.47. The first-order chi connectivity index (χ1) is 15.0. The van der Waals surface area contributed by atoms with Gasteiger partial charge in [-0.05, 0) is 36.8 Å². The van der Waals surface area contributed by atoms with Crippen LogP contribution in [0, 0.1) is 5.82 Å². The average molecular weight is 436 g/mol. The summed E-state index contributed by atoms with van der Waals surface area (Å²) in [7, 11) is -4.19. The molecule has 2 aromatic heterocycles. The van der Waals surface area contributed by atoms with Crippen LogP contribution in [0.15, 0.2) is 71.8 Å². The van der Waals surface area contributed by atoms with Crippen molar-refractivity contribution < 1.29 is 12.8 Å². The van der Waals surface area contributed by atoms with Crippen molar-refractivity contribution in [3.63, 3.8) is 0 Å². The average Bonchev–Trinajstić information content (AvgIpc) is 3.23. The quantitative estimate of drug-likeness (QED) is 0.507. The van der Waals surface area contributed by atoms with E-state index in [0.29, 0.717) is 33.9 Å². The Labute approximate surface area is 177 Å². The lowest BCUT2D eigenvalue weighted by Gasteiger charge is -2.34. The molecule has 0 spiro atoms. The number of rotatable bonds is 4. The molecule has 1 atom stereocenters. The number of aromatic amines is 1. The van der Waals surface area contributed by atoms with Gasteiger partial charge in [-0.3, -0.25) is 0 Å². The smallest absolute Gasteiger partial charge is 0.271 e. The molecule has 10 heteroatoms. The number of nitrogens with zero attached hydrogens (tertiary/aromatic N) is 4. The summed E-state index contributed by atoms with van der Waals surface area (Å²) in [5.41, 5.74) is 2.22. The fourth-order valence-electron chi connectivity index (χ4n) is 3.66. The lowest BCUT2D eigenvalue weighted by molar-refractivity contribution is 0.563. The highest BCUT2D eigenvalue weighted by atomic mass is 32.2. The van der Waals surface area contributed by atoms with Gasteiger partial charge in [0.15, 0.2) is 11.5 Å². The van der Waals surface area contributed by atoms with Gasteiger partial charge in [-0.15, -0.1) is 0 Å². The molecule has 8 nitrogen and oxygen atoms in total. The van der Waals surface area contributed by atoms with Crippen LogP contribution in [0.5, 0.6) is 0 Å². The SMILES string of the molecule is C[C@H](Nc1ncnc2nc[nH]c12)C1=Cc2cccc(F)c2S(=O)(=O)N1c1ccccc1. The summed E-state index contributed by atoms with van der Waals surface area (Å²) in [4.78, 5) is 15.1. The second-order valence-electron chi connectivity index (χ2n) is 7.02. The Kier molecular flexibility index (Phi) is 4.44. The van der Waals surface area contributed by atoms with Crippen molar-refractivity contribution >= 4 is 38.8 Å². The Morgan fingerprint density at radius 2 is 1.87 bits per heavy atom. The molecule has 0 bridgehead atoms. The maximum Gasteiger partial charge on any atom is 0.271 e. The highest BCUT2D eigenvalue weighted by molar-refractivity contribution is 7.93. The Bertz CT molecular complexity index is 1420. The molecule has 0 saturated heterocycles. The van der Waals surface area contributed by atoms with Gasteiger partial charge in [0.2, 0.25) is 0 Å². The van der Waals surface area contributed by atoms with Crippen molar-refractivity contribution in [2.45, 2.75) is 17.9 Å². The highest BCUT2D eigenvalue weighted by Crippen LogP contribution is 2.38. The van der Waals surface area contributed by atoms with Gasteiger partial charge >= 0.3 is 0 Å². The molecule has 2 aromatic carbocycles. The minimum absolute atomic E-state index is 0.296. The van der Waals surface area contributed by atoms with Gasteiger partial charge in [0.05, 0.1) is 23.8 Å². The van der Waals surface area contributed by atoms with Crippen LogP contribution in [-0.4, -0.2) is 34.4 Å². The van der Waals surface area contributed by atoms with Crippen LogP contribution in [0.4, 0.5) is 15.9 Å². The van der Waals surface area contributed by atoms with E-state index in [1.165, 1.54) is 23.0 Å². The summed E-state index contributed by atoms with van der Waals surface area (Å²) in [5, 5.41) is 3.23. The summed E-state index contributed by atoms with van der Waals surface area (Å²) in [6.07, 6.45) is 4.56. The van der Waals surface area contributed by atoms with Crippen LogP contribution in [0.25, 0.3) is 17.2 Å². The Morgan fingerprint density at radius 3 is 2.68 bits per heavy atom. The van der Waals surface area contributed by atoms with Gasteiger partial charge in [-0.2, -0.15) is 0 Å². The second-order valence-corrected chi connectivity index (χ2v) is 8.75. The number of anilines is 2. The second kappa shape index (κ2) is 7.17. The number of hydrogen-bond donors (Lipinski definition) is 2. The number of nitrogens with one attached hydrogen (secondary N) is 2. The molecule has 1 aliphatic rings. The molecule has 0 amide bonds. The molecule has 0 fully saturated rings. The number of fused-ring (bicyclic) bond motifs is 2. The van der Waals surface area contributed by atoms with Crippen molar-refractivity contribution in [2.75, 3.05) is 9.62 Å². The maximum absolute atomic E-state index is 14.6. The molecule has 31 heavy (non-hydrogen) atoms. The van der Waals surface area contributed by atoms with E-state index < -0.39 is 21.9 Å². The molecule has 5 rings (SSSR count). The normalized spacial score (nSPS) is 15.9. The minimum atomic E-state index is -4.19. The first-order valence-corrected chi connectivity index (χ1v) is 10.9. The van der Waals surface area contributed by atoms with E-state index in [9.17, 15) is 12.8 Å². The zero-order chi connectivity index (χ0) is 21.6. The summed E-state index contributed by atoms with van der Waals surface area (Å²) in [6.45, 7) is 1.81. The van der Waals surface area contributed by atoms with Crippen LogP contribution in [0.2, 0.25) is 0 Å². The molecular formula is C21H17FN6O2S. The predicted octanol–water partition coefficient (Wildman–Crippen LogP) is 3.54. The monoisotopic (exact) mass is 436 g/mol. The molecule has 0 saturated carbocycles. The first-order valence-electron chi connectivity index (χ1n) is 9.48. The summed E-state index contributed by atoms with van der Waals surface area (Å²) >= 11 is 0. The van der Waals surface area contributed by atoms with Crippen molar-refractivity contribution in [3.8, 4) is 0 Å². The van der Waals surface area contributed by atoms with Crippen LogP contribution in [0.3, 0.4) is 0 Å². The van der Waals surface area contributed by atoms with Gasteiger partial charge < -0.3 is 10.3 Å². The number of halogens is 1. The number of imidazole rings is 1. The van der Waals surface area contributed by atoms with Gasteiger partial charge in [0, 0.05) is 0 Å². The third-order valence-electron chi connectivity index (χ3n) is 5.04. The van der Waals surface area contributed by atoms with Gasteiger partial charge in [-0.1, -0.05) is 30.3 Å². The lowest BCUT2D eigenvalue weighted by atomic mass is 10.1. The molecule has 0 radical (unpaired) electrons. The minimum Gasteiger partial charge on any atom is -0.360 e. The predicted molar refractivity (Wildman–Crippen MR) is 115 cm³/mol. The molecule has 4 aromatic rings. The number of H-pyrrole nitrogens is 1. The van der Waals surface area contributed by atoms with Gasteiger partial charge in [0.1, 0.15) is 22.6 Å². The van der Waals surface area contributed by atoms with Crippen molar-refractivity contribution in [2.24, 2.45) is 0 Å². The molecule has 0 aliphatic carbocycles. The van der Waals surface area contributed by atoms with Crippen molar-refractivity contribution in [1.82, 2.24) is 19.9 Å². The maximum atomic E-state index is 14.6. The molecule has 156 valence electrons. The van der Waals surface area contributed by atoms with E-state index in [2.05, 4.69) is 25.3 Å². The van der Waals surface area contributed by atoms with Gasteiger partial charge in [-0.25, -0.2) is 32.1 Å². The highest BCUT2D eigenvalue weighted by Gasteiger charge is 2.38. The molecular weight excluding hydrogens is 419 g/mol. The van der Waals surface area contributed by atoms with E-state index in [0.717, 1.165) is 6.07 Å². The van der Waals surface area contributed by atoms with Crippen LogP contribution in [0.1, 0.15) is 12.5 Å². The number of para-hydroxylation sites is 1. The Balaban J connectivity index is 1.66. The van der Waals surface area contributed by atoms with Gasteiger partial charge in [0.25, 0.3) is 10.0 Å². The fraction of sp³-hybridized carbons (Fsp3) is 0.0952. The Morgan fingerprint density at radius 1 is 1.06 bits per heavy atom. The van der Waals surface area contributed by atoms with E-state index in [1.54, 1.807) is 42.5 Å². The zero-order valence-corrected chi connectivity index (χ0v) is 17.1. The van der Waals surface area contributed by atoms with E-state index >= 15 is 0 Å². The lowest BCUT2D eigenvalue weighted by Crippen LogP contribution is -2.40. The third-order valence-corrected chi connectivity index (χ3v) is 6.89. The third kappa shape index (κ3) is 3.12. The summed E-state index contributed by atoms with van der Waals surface area (Å²) in [5.74, 6) is -0.310. The van der Waals surface area contributed by atoms with Crippen LogP contribution < -0.4 is 9.62 Å². The zero-order valence-electron chi connectivity index (χ0n) is 16.3. The molecule has 1 aliphatic heterocycles. The van der Waals surface area contributed by atoms with E-state index in [1.807, 2.05) is 6.92 Å². The summed E-state index contributed by atoms with van der Waals surface area (Å²) < 4.78 is 42.8.